The van der Waals surface area contributed by atoms with E-state index in [0.717, 1.165) is 10.2 Å². The summed E-state index contributed by atoms with van der Waals surface area (Å²) in [7, 11) is 3.54. The molecule has 136 valence electrons. The molecule has 1 aromatic carbocycles. The van der Waals surface area contributed by atoms with Crippen molar-refractivity contribution in [1.82, 2.24) is 14.7 Å². The number of rotatable bonds is 6. The highest BCUT2D eigenvalue weighted by atomic mass is 79.9. The third-order valence-electron chi connectivity index (χ3n) is 3.79. The van der Waals surface area contributed by atoms with Crippen LogP contribution in [0, 0.1) is 0 Å². The predicted molar refractivity (Wildman–Crippen MR) is 101 cm³/mol. The van der Waals surface area contributed by atoms with Crippen molar-refractivity contribution >= 4 is 33.4 Å². The van der Waals surface area contributed by atoms with Crippen molar-refractivity contribution < 1.29 is 13.9 Å². The van der Waals surface area contributed by atoms with Crippen LogP contribution >= 0.6 is 27.5 Å². The zero-order valence-electron chi connectivity index (χ0n) is 14.3. The number of aryl methyl sites for hydroxylation is 1. The van der Waals surface area contributed by atoms with Gasteiger partial charge >= 0.3 is 0 Å². The minimum atomic E-state index is -0.216. The minimum absolute atomic E-state index is 0.213. The maximum Gasteiger partial charge on any atom is 0.289 e. The number of amides is 1. The molecule has 0 fully saturated rings. The average Bonchev–Trinajstić information content (AvgIpc) is 3.21. The van der Waals surface area contributed by atoms with E-state index in [4.69, 9.17) is 20.8 Å². The largest absolute Gasteiger partial charge is 0.486 e. The summed E-state index contributed by atoms with van der Waals surface area (Å²) in [6, 6.07) is 10.5. The molecule has 0 spiro atoms. The maximum absolute atomic E-state index is 12.6. The lowest BCUT2D eigenvalue weighted by atomic mass is 10.3. The molecule has 0 aliphatic carbocycles. The standard InChI is InChI=1S/C18H17BrClN3O3/c1-22(10-16-15(19)9-21-23(16)2)18(24)17-7-6-14(26-17)11-25-13-5-3-4-12(20)8-13/h3-9H,10-11H2,1-2H3. The van der Waals surface area contributed by atoms with Crippen LogP contribution in [-0.2, 0) is 20.2 Å². The molecule has 26 heavy (non-hydrogen) atoms. The Kier molecular flexibility index (Phi) is 5.68. The molecule has 0 unspecified atom stereocenters. The van der Waals surface area contributed by atoms with E-state index in [2.05, 4.69) is 21.0 Å². The van der Waals surface area contributed by atoms with Gasteiger partial charge in [-0.15, -0.1) is 0 Å². The Balaban J connectivity index is 1.62. The molecule has 0 atom stereocenters. The Morgan fingerprint density at radius 2 is 2.19 bits per heavy atom. The SMILES string of the molecule is CN(Cc1c(Br)cnn1C)C(=O)c1ccc(COc2cccc(Cl)c2)o1. The van der Waals surface area contributed by atoms with E-state index in [1.54, 1.807) is 59.2 Å². The van der Waals surface area contributed by atoms with Gasteiger partial charge in [0.2, 0.25) is 0 Å². The molecule has 0 N–H and O–H groups in total. The van der Waals surface area contributed by atoms with Crippen LogP contribution in [-0.4, -0.2) is 27.6 Å². The minimum Gasteiger partial charge on any atom is -0.486 e. The van der Waals surface area contributed by atoms with E-state index < -0.39 is 0 Å². The third-order valence-corrected chi connectivity index (χ3v) is 4.69. The Labute approximate surface area is 164 Å². The first kappa shape index (κ1) is 18.5. The molecule has 0 bridgehead atoms. The fourth-order valence-corrected chi connectivity index (χ4v) is 3.03. The first-order chi connectivity index (χ1) is 12.4. The van der Waals surface area contributed by atoms with Crippen molar-refractivity contribution in [2.75, 3.05) is 7.05 Å². The summed E-state index contributed by atoms with van der Waals surface area (Å²) in [6.45, 7) is 0.621. The van der Waals surface area contributed by atoms with E-state index in [1.165, 1.54) is 0 Å². The van der Waals surface area contributed by atoms with Crippen LogP contribution in [0.1, 0.15) is 22.0 Å². The van der Waals surface area contributed by atoms with E-state index in [-0.39, 0.29) is 18.3 Å². The highest BCUT2D eigenvalue weighted by Crippen LogP contribution is 2.20. The molecule has 0 saturated heterocycles. The van der Waals surface area contributed by atoms with Crippen LogP contribution in [0.4, 0.5) is 0 Å². The lowest BCUT2D eigenvalue weighted by Crippen LogP contribution is -2.27. The van der Waals surface area contributed by atoms with Gasteiger partial charge in [0, 0.05) is 19.1 Å². The van der Waals surface area contributed by atoms with Gasteiger partial charge in [0.1, 0.15) is 18.1 Å². The van der Waals surface area contributed by atoms with Crippen molar-refractivity contribution in [3.05, 3.63) is 69.3 Å². The molecule has 0 aliphatic heterocycles. The lowest BCUT2D eigenvalue weighted by Gasteiger charge is -2.16. The van der Waals surface area contributed by atoms with Crippen LogP contribution in [0.25, 0.3) is 0 Å². The average molecular weight is 439 g/mol. The second kappa shape index (κ2) is 7.97. The predicted octanol–water partition coefficient (Wildman–Crippen LogP) is 4.28. The van der Waals surface area contributed by atoms with E-state index in [9.17, 15) is 4.79 Å². The van der Waals surface area contributed by atoms with Gasteiger partial charge in [0.25, 0.3) is 5.91 Å². The number of carbonyl (C=O) groups excluding carboxylic acids is 1. The summed E-state index contributed by atoms with van der Waals surface area (Å²) in [6.07, 6.45) is 1.70. The first-order valence-corrected chi connectivity index (χ1v) is 9.00. The number of aromatic nitrogens is 2. The van der Waals surface area contributed by atoms with Gasteiger partial charge in [-0.25, -0.2) is 0 Å². The quantitative estimate of drug-likeness (QED) is 0.576. The van der Waals surface area contributed by atoms with Crippen LogP contribution in [0.2, 0.25) is 5.02 Å². The molecular formula is C18H17BrClN3O3. The molecule has 1 amide bonds. The molecule has 0 aliphatic rings. The third kappa shape index (κ3) is 4.28. The molecule has 0 radical (unpaired) electrons. The van der Waals surface area contributed by atoms with Gasteiger partial charge in [0.15, 0.2) is 5.76 Å². The molecule has 6 nitrogen and oxygen atoms in total. The van der Waals surface area contributed by atoms with Crippen LogP contribution in [0.3, 0.4) is 0 Å². The molecule has 2 aromatic heterocycles. The number of hydrogen-bond acceptors (Lipinski definition) is 4. The fourth-order valence-electron chi connectivity index (χ4n) is 2.38. The van der Waals surface area contributed by atoms with Crippen LogP contribution < -0.4 is 4.74 Å². The van der Waals surface area contributed by atoms with Gasteiger partial charge in [0.05, 0.1) is 22.9 Å². The summed E-state index contributed by atoms with van der Waals surface area (Å²) in [4.78, 5) is 14.1. The van der Waals surface area contributed by atoms with Gasteiger partial charge in [-0.2, -0.15) is 5.10 Å². The monoisotopic (exact) mass is 437 g/mol. The van der Waals surface area contributed by atoms with Crippen molar-refractivity contribution in [3.63, 3.8) is 0 Å². The lowest BCUT2D eigenvalue weighted by molar-refractivity contribution is 0.0746. The highest BCUT2D eigenvalue weighted by Gasteiger charge is 2.19. The summed E-state index contributed by atoms with van der Waals surface area (Å²) in [5.41, 5.74) is 0.900. The number of carbonyl (C=O) groups is 1. The van der Waals surface area contributed by atoms with Crippen LogP contribution in [0.15, 0.2) is 51.5 Å². The van der Waals surface area contributed by atoms with Crippen molar-refractivity contribution in [2.24, 2.45) is 7.05 Å². The highest BCUT2D eigenvalue weighted by molar-refractivity contribution is 9.10. The Morgan fingerprint density at radius 3 is 2.88 bits per heavy atom. The second-order valence-corrected chi connectivity index (χ2v) is 7.03. The Bertz CT molecular complexity index is 903. The maximum atomic E-state index is 12.6. The van der Waals surface area contributed by atoms with Crippen molar-refractivity contribution in [3.8, 4) is 5.75 Å². The smallest absolute Gasteiger partial charge is 0.289 e. The number of hydrogen-bond donors (Lipinski definition) is 0. The molecule has 3 aromatic rings. The summed E-state index contributed by atoms with van der Waals surface area (Å²) in [5.74, 6) is 1.24. The number of benzene rings is 1. The molecule has 3 rings (SSSR count). The van der Waals surface area contributed by atoms with Gasteiger partial charge < -0.3 is 14.1 Å². The van der Waals surface area contributed by atoms with Gasteiger partial charge in [-0.05, 0) is 46.3 Å². The molecule has 2 heterocycles. The molecular weight excluding hydrogens is 422 g/mol. The zero-order chi connectivity index (χ0) is 18.7. The molecule has 0 saturated carbocycles. The fraction of sp³-hybridized carbons (Fsp3) is 0.222. The van der Waals surface area contributed by atoms with E-state index in [0.29, 0.717) is 23.1 Å². The molecule has 8 heteroatoms. The van der Waals surface area contributed by atoms with Crippen LogP contribution in [0.5, 0.6) is 5.75 Å². The van der Waals surface area contributed by atoms with E-state index >= 15 is 0 Å². The zero-order valence-corrected chi connectivity index (χ0v) is 16.6. The van der Waals surface area contributed by atoms with Gasteiger partial charge in [-0.1, -0.05) is 17.7 Å². The Morgan fingerprint density at radius 1 is 1.38 bits per heavy atom. The normalized spacial score (nSPS) is 10.8. The second-order valence-electron chi connectivity index (χ2n) is 5.74. The first-order valence-electron chi connectivity index (χ1n) is 7.83. The Hall–Kier alpha value is -2.25. The summed E-state index contributed by atoms with van der Waals surface area (Å²) >= 11 is 9.36. The number of ether oxygens (including phenoxy) is 1. The van der Waals surface area contributed by atoms with Gasteiger partial charge in [-0.3, -0.25) is 9.48 Å². The topological polar surface area (TPSA) is 60.5 Å². The summed E-state index contributed by atoms with van der Waals surface area (Å²) in [5, 5.41) is 4.75. The van der Waals surface area contributed by atoms with Crippen molar-refractivity contribution in [1.29, 1.82) is 0 Å². The number of halogens is 2. The van der Waals surface area contributed by atoms with Crippen molar-refractivity contribution in [2.45, 2.75) is 13.2 Å². The van der Waals surface area contributed by atoms with E-state index in [1.807, 2.05) is 7.05 Å². The number of nitrogens with zero attached hydrogens (tertiary/aromatic N) is 3. The summed E-state index contributed by atoms with van der Waals surface area (Å²) < 4.78 is 13.8. The number of furan rings is 1.